The maximum Gasteiger partial charge on any atom is 0.269 e. The zero-order valence-electron chi connectivity index (χ0n) is 22.5. The van der Waals surface area contributed by atoms with Gasteiger partial charge in [0.1, 0.15) is 11.4 Å². The minimum absolute atomic E-state index is 0.0734. The van der Waals surface area contributed by atoms with E-state index in [1.807, 2.05) is 12.2 Å². The van der Waals surface area contributed by atoms with Crippen LogP contribution in [-0.4, -0.2) is 37.5 Å². The minimum Gasteiger partial charge on any atom is -0.320 e. The summed E-state index contributed by atoms with van der Waals surface area (Å²) in [5, 5.41) is 3.02. The van der Waals surface area contributed by atoms with Crippen LogP contribution in [0, 0.1) is 11.6 Å². The van der Waals surface area contributed by atoms with Crippen LogP contribution in [0.25, 0.3) is 11.0 Å². The first-order valence-corrected chi connectivity index (χ1v) is 16.4. The fourth-order valence-corrected chi connectivity index (χ4v) is 7.54. The molecule has 0 bridgehead atoms. The average molecular weight is 615 g/mol. The summed E-state index contributed by atoms with van der Waals surface area (Å²) < 4.78 is 84.4. The van der Waals surface area contributed by atoms with E-state index in [0.29, 0.717) is 23.8 Å². The lowest BCUT2D eigenvalue weighted by Gasteiger charge is -2.23. The number of allylic oxidation sites excluding steroid dienone is 2. The highest BCUT2D eigenvalue weighted by Gasteiger charge is 2.28. The highest BCUT2D eigenvalue weighted by Crippen LogP contribution is 2.39. The van der Waals surface area contributed by atoms with Crippen molar-refractivity contribution < 1.29 is 30.4 Å². The second-order valence-electron chi connectivity index (χ2n) is 9.89. The number of nitrogens with zero attached hydrogens (tertiary/aromatic N) is 2. The van der Waals surface area contributed by atoms with Gasteiger partial charge >= 0.3 is 0 Å². The van der Waals surface area contributed by atoms with Crippen LogP contribution in [0.15, 0.2) is 78.0 Å². The van der Waals surface area contributed by atoms with E-state index in [1.165, 1.54) is 24.5 Å². The number of benzene rings is 2. The third-order valence-electron chi connectivity index (χ3n) is 7.00. The molecule has 1 unspecified atom stereocenters. The topological polar surface area (TPSA) is 127 Å². The van der Waals surface area contributed by atoms with E-state index in [-0.39, 0.29) is 34.3 Å². The van der Waals surface area contributed by atoms with Crippen molar-refractivity contribution in [1.29, 1.82) is 0 Å². The first kappa shape index (κ1) is 29.4. The molecule has 5 rings (SSSR count). The van der Waals surface area contributed by atoms with Gasteiger partial charge in [-0.05, 0) is 67.5 Å². The number of carbonyl (C=O) groups excluding carboxylic acids is 1. The van der Waals surface area contributed by atoms with E-state index in [2.05, 4.69) is 15.0 Å². The highest BCUT2D eigenvalue weighted by atomic mass is 32.2. The van der Waals surface area contributed by atoms with E-state index >= 15 is 4.39 Å². The molecule has 0 fully saturated rings. The first-order valence-electron chi connectivity index (χ1n) is 13.3. The fraction of sp³-hybridized carbons (Fsp3) is 0.241. The number of pyridine rings is 1. The molecule has 2 aromatic carbocycles. The Balaban J connectivity index is 1.58. The van der Waals surface area contributed by atoms with Gasteiger partial charge in [0.05, 0.1) is 28.2 Å². The molecule has 0 radical (unpaired) electrons. The Morgan fingerprint density at radius 1 is 1.02 bits per heavy atom. The smallest absolute Gasteiger partial charge is 0.269 e. The van der Waals surface area contributed by atoms with E-state index in [0.717, 1.165) is 22.5 Å². The van der Waals surface area contributed by atoms with Crippen LogP contribution < -0.4 is 10.0 Å². The number of hydrogen-bond donors (Lipinski definition) is 2. The number of hydrogen-bond acceptors (Lipinski definition) is 6. The number of amides is 1. The van der Waals surface area contributed by atoms with Crippen molar-refractivity contribution >= 4 is 48.4 Å². The molecule has 0 spiro atoms. The van der Waals surface area contributed by atoms with Crippen LogP contribution in [0.4, 0.5) is 20.2 Å². The molecule has 1 atom stereocenters. The standard InChI is InChI=1S/C29H28F2N4O5S2/c1-2-17-41(37,38)34-23-14-13-22(30)26(27(23)31)29(36)33-24-18-32-28-21(25(24)19-9-5-3-6-10-19)15-16-35(28)42(39,40)20-11-7-4-8-12-20/h3-5,7-8,11-16,18-19,34H,2,6,9-10,17H2,1H3,(H,33,36). The van der Waals surface area contributed by atoms with Gasteiger partial charge in [-0.25, -0.2) is 34.6 Å². The Kier molecular flexibility index (Phi) is 8.15. The van der Waals surface area contributed by atoms with Gasteiger partial charge in [-0.1, -0.05) is 37.3 Å². The molecule has 0 aliphatic heterocycles. The molecule has 0 saturated carbocycles. The lowest BCUT2D eigenvalue weighted by Crippen LogP contribution is -2.21. The summed E-state index contributed by atoms with van der Waals surface area (Å²) >= 11 is 0. The predicted molar refractivity (Wildman–Crippen MR) is 157 cm³/mol. The molecule has 1 amide bonds. The van der Waals surface area contributed by atoms with Gasteiger partial charge in [-0.15, -0.1) is 0 Å². The van der Waals surface area contributed by atoms with Gasteiger partial charge in [0.25, 0.3) is 15.9 Å². The van der Waals surface area contributed by atoms with E-state index in [4.69, 9.17) is 0 Å². The average Bonchev–Trinajstić information content (AvgIpc) is 3.40. The minimum atomic E-state index is -3.99. The molecule has 2 N–H and O–H groups in total. The molecular formula is C29H28F2N4O5S2. The summed E-state index contributed by atoms with van der Waals surface area (Å²) in [4.78, 5) is 17.7. The third kappa shape index (κ3) is 5.66. The van der Waals surface area contributed by atoms with Crippen molar-refractivity contribution in [3.8, 4) is 0 Å². The van der Waals surface area contributed by atoms with Crippen molar-refractivity contribution in [2.45, 2.75) is 43.4 Å². The zero-order valence-corrected chi connectivity index (χ0v) is 24.2. The fourth-order valence-electron chi connectivity index (χ4n) is 5.09. The first-order chi connectivity index (χ1) is 20.0. The summed E-state index contributed by atoms with van der Waals surface area (Å²) in [6.07, 6.45) is 8.96. The Bertz CT molecular complexity index is 1910. The predicted octanol–water partition coefficient (Wildman–Crippen LogP) is 5.78. The van der Waals surface area contributed by atoms with Crippen molar-refractivity contribution in [3.63, 3.8) is 0 Å². The van der Waals surface area contributed by atoms with Crippen LogP contribution in [0.5, 0.6) is 0 Å². The lowest BCUT2D eigenvalue weighted by molar-refractivity contribution is 0.101. The number of anilines is 2. The van der Waals surface area contributed by atoms with Crippen LogP contribution in [0.3, 0.4) is 0 Å². The number of fused-ring (bicyclic) bond motifs is 1. The number of rotatable bonds is 9. The Morgan fingerprint density at radius 2 is 1.79 bits per heavy atom. The van der Waals surface area contributed by atoms with Crippen LogP contribution in [0.2, 0.25) is 0 Å². The maximum absolute atomic E-state index is 15.3. The van der Waals surface area contributed by atoms with Crippen LogP contribution in [-0.2, 0) is 20.0 Å². The molecule has 220 valence electrons. The zero-order chi connectivity index (χ0) is 30.1. The summed E-state index contributed by atoms with van der Waals surface area (Å²) in [6.45, 7) is 1.63. The number of carbonyl (C=O) groups is 1. The van der Waals surface area contributed by atoms with Crippen LogP contribution >= 0.6 is 0 Å². The summed E-state index contributed by atoms with van der Waals surface area (Å²) in [6, 6.07) is 11.2. The van der Waals surface area contributed by atoms with Gasteiger partial charge in [0, 0.05) is 11.6 Å². The molecule has 1 aliphatic rings. The van der Waals surface area contributed by atoms with Gasteiger partial charge in [0.2, 0.25) is 10.0 Å². The SMILES string of the molecule is CCCS(=O)(=O)Nc1ccc(F)c(C(=O)Nc2cnc3c(ccn3S(=O)(=O)c3ccccc3)c2C2CC=CCC2)c1F. The van der Waals surface area contributed by atoms with Crippen molar-refractivity contribution in [1.82, 2.24) is 8.96 Å². The van der Waals surface area contributed by atoms with Crippen molar-refractivity contribution in [2.75, 3.05) is 15.8 Å². The number of nitrogens with one attached hydrogen (secondary N) is 2. The Hall–Kier alpha value is -4.10. The second-order valence-corrected chi connectivity index (χ2v) is 13.5. The highest BCUT2D eigenvalue weighted by molar-refractivity contribution is 7.92. The summed E-state index contributed by atoms with van der Waals surface area (Å²) in [7, 11) is -7.90. The Morgan fingerprint density at radius 3 is 2.48 bits per heavy atom. The molecule has 2 aromatic heterocycles. The van der Waals surface area contributed by atoms with Gasteiger partial charge in [-0.3, -0.25) is 9.52 Å². The van der Waals surface area contributed by atoms with Gasteiger partial charge < -0.3 is 5.32 Å². The summed E-state index contributed by atoms with van der Waals surface area (Å²) in [5.41, 5.74) is -0.625. The number of halogens is 2. The van der Waals surface area contributed by atoms with Crippen molar-refractivity contribution in [2.24, 2.45) is 0 Å². The van der Waals surface area contributed by atoms with Gasteiger partial charge in [0.15, 0.2) is 11.5 Å². The summed E-state index contributed by atoms with van der Waals surface area (Å²) in [5.74, 6) is -4.11. The molecule has 9 nitrogen and oxygen atoms in total. The molecule has 42 heavy (non-hydrogen) atoms. The van der Waals surface area contributed by atoms with Crippen molar-refractivity contribution in [3.05, 3.63) is 95.8 Å². The van der Waals surface area contributed by atoms with Crippen LogP contribution in [0.1, 0.15) is 54.4 Å². The molecule has 13 heteroatoms. The van der Waals surface area contributed by atoms with E-state index in [9.17, 15) is 26.0 Å². The van der Waals surface area contributed by atoms with Gasteiger partial charge in [-0.2, -0.15) is 0 Å². The van der Waals surface area contributed by atoms with E-state index < -0.39 is 48.8 Å². The number of aromatic nitrogens is 2. The quantitative estimate of drug-likeness (QED) is 0.230. The third-order valence-corrected chi connectivity index (χ3v) is 10.2. The normalized spacial score (nSPS) is 15.5. The molecule has 2 heterocycles. The maximum atomic E-state index is 15.3. The second kappa shape index (κ2) is 11.6. The Labute approximate surface area is 242 Å². The molecular weight excluding hydrogens is 586 g/mol. The number of sulfonamides is 1. The lowest BCUT2D eigenvalue weighted by atomic mass is 9.86. The largest absolute Gasteiger partial charge is 0.320 e. The molecule has 4 aromatic rings. The monoisotopic (exact) mass is 614 g/mol. The van der Waals surface area contributed by atoms with E-state index in [1.54, 1.807) is 31.2 Å². The molecule has 1 aliphatic carbocycles. The molecule has 0 saturated heterocycles.